The van der Waals surface area contributed by atoms with Crippen molar-refractivity contribution in [3.05, 3.63) is 17.0 Å². The highest BCUT2D eigenvalue weighted by molar-refractivity contribution is 7.97. The van der Waals surface area contributed by atoms with Crippen molar-refractivity contribution in [2.24, 2.45) is 4.03 Å². The van der Waals surface area contributed by atoms with Crippen molar-refractivity contribution in [2.75, 3.05) is 5.38 Å². The van der Waals surface area contributed by atoms with E-state index in [9.17, 15) is 9.32 Å². The molecule has 7 heteroatoms. The summed E-state index contributed by atoms with van der Waals surface area (Å²) in [4.78, 5) is 0. The highest BCUT2D eigenvalue weighted by Gasteiger charge is 2.42. The van der Waals surface area contributed by atoms with Gasteiger partial charge in [0.25, 0.3) is 0 Å². The molecule has 0 radical (unpaired) electrons. The third-order valence-corrected chi connectivity index (χ3v) is 24.1. The van der Waals surface area contributed by atoms with E-state index >= 15 is 0 Å². The van der Waals surface area contributed by atoms with Gasteiger partial charge in [0.2, 0.25) is 0 Å². The van der Waals surface area contributed by atoms with E-state index in [0.29, 0.717) is 5.38 Å². The Morgan fingerprint density at radius 1 is 1.00 bits per heavy atom. The Morgan fingerprint density at radius 2 is 1.48 bits per heavy atom. The maximum absolute atomic E-state index is 14.5. The Balaban J connectivity index is 3.69. The summed E-state index contributed by atoms with van der Waals surface area (Å²) in [5, 5.41) is 13.2. The molecular weight excluding hydrogens is 407 g/mol. The van der Waals surface area contributed by atoms with Crippen LogP contribution in [0, 0.1) is 0 Å². The Hall–Kier alpha value is 0.0438. The number of hydrogen-bond acceptors (Lipinski definition) is 4. The number of aliphatic hydroxyl groups is 1. The van der Waals surface area contributed by atoms with Gasteiger partial charge in [-0.25, -0.2) is 4.21 Å². The molecule has 0 spiro atoms. The summed E-state index contributed by atoms with van der Waals surface area (Å²) in [5.41, 5.74) is -0.0980. The van der Waals surface area contributed by atoms with Crippen LogP contribution in [0.1, 0.15) is 61.0 Å². The molecule has 0 fully saturated rings. The Bertz CT molecular complexity index is 782. The first-order chi connectivity index (χ1) is 11.6. The highest BCUT2D eigenvalue weighted by atomic mass is 32.2. The molecule has 1 heterocycles. The molecular formula is C20H41NO2S2Si2. The molecule has 3 nitrogen and oxygen atoms in total. The van der Waals surface area contributed by atoms with Gasteiger partial charge >= 0.3 is 0 Å². The number of rotatable bonds is 5. The molecule has 158 valence electrons. The fraction of sp³-hybridized carbons (Fsp3) is 0.800. The Labute approximate surface area is 174 Å². The maximum Gasteiger partial charge on any atom is 0.193 e. The zero-order chi connectivity index (χ0) is 21.7. The van der Waals surface area contributed by atoms with Crippen LogP contribution in [0.5, 0.6) is 0 Å². The average molecular weight is 448 g/mol. The minimum absolute atomic E-state index is 0.0411. The van der Waals surface area contributed by atoms with Gasteiger partial charge in [-0.1, -0.05) is 54.6 Å². The molecule has 0 aromatic carbocycles. The topological polar surface area (TPSA) is 49.7 Å². The predicted molar refractivity (Wildman–Crippen MR) is 128 cm³/mol. The second kappa shape index (κ2) is 7.38. The molecule has 27 heavy (non-hydrogen) atoms. The van der Waals surface area contributed by atoms with Crippen molar-refractivity contribution < 1.29 is 9.32 Å². The van der Waals surface area contributed by atoms with E-state index in [2.05, 4.69) is 67.7 Å². The molecule has 1 rings (SSSR count). The maximum atomic E-state index is 14.5. The van der Waals surface area contributed by atoms with Gasteiger partial charge in [-0.05, 0) is 54.0 Å². The lowest BCUT2D eigenvalue weighted by Gasteiger charge is -2.39. The Morgan fingerprint density at radius 3 is 1.81 bits per heavy atom. The fourth-order valence-corrected chi connectivity index (χ4v) is 16.3. The van der Waals surface area contributed by atoms with E-state index in [-0.39, 0.29) is 10.1 Å². The van der Waals surface area contributed by atoms with E-state index in [1.54, 1.807) is 13.8 Å². The largest absolute Gasteiger partial charge is 0.386 e. The van der Waals surface area contributed by atoms with Crippen LogP contribution in [0.3, 0.4) is 0 Å². The van der Waals surface area contributed by atoms with Crippen LogP contribution in [-0.2, 0) is 15.3 Å². The first-order valence-electron chi connectivity index (χ1n) is 9.70. The van der Waals surface area contributed by atoms with Crippen LogP contribution in [-0.4, -0.2) is 31.0 Å². The normalized spacial score (nSPS) is 16.9. The molecule has 0 amide bonds. The quantitative estimate of drug-likeness (QED) is 0.501. The Kier molecular flexibility index (Phi) is 6.86. The monoisotopic (exact) mass is 447 g/mol. The summed E-state index contributed by atoms with van der Waals surface area (Å²) in [6.07, 6.45) is 0. The smallest absolute Gasteiger partial charge is 0.193 e. The van der Waals surface area contributed by atoms with Crippen LogP contribution < -0.4 is 0 Å². The third-order valence-electron chi connectivity index (χ3n) is 6.39. The highest BCUT2D eigenvalue weighted by Crippen LogP contribution is 2.43. The summed E-state index contributed by atoms with van der Waals surface area (Å²) in [6, 6.07) is 1.94. The molecule has 1 aromatic rings. The van der Waals surface area contributed by atoms with E-state index in [4.69, 9.17) is 4.03 Å². The number of thiophene rings is 1. The SMILES string of the molecule is CC(C)(O)c1csc(S(=O)(C[Si](C)(C)C(C)(C)C)=N[Si](C)(C)C(C)(C)C)c1. The molecule has 0 aliphatic rings. The van der Waals surface area contributed by atoms with Crippen LogP contribution in [0.4, 0.5) is 0 Å². The average Bonchev–Trinajstić information content (AvgIpc) is 2.83. The van der Waals surface area contributed by atoms with Gasteiger partial charge in [0.1, 0.15) is 0 Å². The zero-order valence-corrected chi connectivity index (χ0v) is 23.1. The van der Waals surface area contributed by atoms with E-state index in [0.717, 1.165) is 9.77 Å². The van der Waals surface area contributed by atoms with Crippen LogP contribution >= 0.6 is 11.3 Å². The molecule has 1 unspecified atom stereocenters. The minimum Gasteiger partial charge on any atom is -0.386 e. The van der Waals surface area contributed by atoms with Crippen molar-refractivity contribution >= 4 is 37.4 Å². The molecule has 1 atom stereocenters. The second-order valence-electron chi connectivity index (χ2n) is 11.5. The summed E-state index contributed by atoms with van der Waals surface area (Å²) >= 11 is 1.50. The van der Waals surface area contributed by atoms with Gasteiger partial charge < -0.3 is 5.11 Å². The van der Waals surface area contributed by atoms with Gasteiger partial charge in [-0.3, -0.25) is 4.03 Å². The summed E-state index contributed by atoms with van der Waals surface area (Å²) in [7, 11) is -6.46. The molecule has 1 aromatic heterocycles. The zero-order valence-electron chi connectivity index (χ0n) is 19.5. The van der Waals surface area contributed by atoms with E-state index in [1.807, 2.05) is 11.4 Å². The standard InChI is InChI=1S/C20H41NO2S2Si2/c1-18(2,3)26(9,10)15-25(23,21-27(11,12)19(4,5)6)17-13-16(14-24-17)20(7,8)22/h13-14,22H,15H2,1-12H3. The molecule has 0 saturated carbocycles. The van der Waals surface area contributed by atoms with Crippen molar-refractivity contribution in [3.8, 4) is 0 Å². The van der Waals surface area contributed by atoms with Gasteiger partial charge in [-0.15, -0.1) is 11.3 Å². The lowest BCUT2D eigenvalue weighted by molar-refractivity contribution is 0.0789. The predicted octanol–water partition coefficient (Wildman–Crippen LogP) is 6.86. The molecule has 1 N–H and O–H groups in total. The lowest BCUT2D eigenvalue weighted by Crippen LogP contribution is -2.46. The molecule has 0 aliphatic heterocycles. The van der Waals surface area contributed by atoms with Crippen LogP contribution in [0.2, 0.25) is 36.3 Å². The van der Waals surface area contributed by atoms with Crippen molar-refractivity contribution in [1.29, 1.82) is 0 Å². The summed E-state index contributed by atoms with van der Waals surface area (Å²) in [6.45, 7) is 26.1. The summed E-state index contributed by atoms with van der Waals surface area (Å²) < 4.78 is 20.5. The van der Waals surface area contributed by atoms with Gasteiger partial charge in [0, 0.05) is 5.38 Å². The molecule has 0 bridgehead atoms. The fourth-order valence-electron chi connectivity index (χ4n) is 2.16. The second-order valence-corrected chi connectivity index (χ2v) is 26.2. The minimum atomic E-state index is -2.53. The lowest BCUT2D eigenvalue weighted by atomic mass is 10.0. The first-order valence-corrected chi connectivity index (χ1v) is 18.4. The van der Waals surface area contributed by atoms with E-state index in [1.165, 1.54) is 11.3 Å². The number of nitrogens with zero attached hydrogens (tertiary/aromatic N) is 1. The van der Waals surface area contributed by atoms with Crippen LogP contribution in [0.15, 0.2) is 19.7 Å². The van der Waals surface area contributed by atoms with Crippen molar-refractivity contribution in [3.63, 3.8) is 0 Å². The first kappa shape index (κ1) is 25.1. The van der Waals surface area contributed by atoms with Gasteiger partial charge in [0.05, 0.1) is 27.6 Å². The van der Waals surface area contributed by atoms with Gasteiger partial charge in [0.15, 0.2) is 8.24 Å². The molecule has 0 aliphatic carbocycles. The third kappa shape index (κ3) is 5.78. The van der Waals surface area contributed by atoms with Gasteiger partial charge in [-0.2, -0.15) is 0 Å². The van der Waals surface area contributed by atoms with Crippen LogP contribution in [0.25, 0.3) is 0 Å². The molecule has 0 saturated heterocycles. The summed E-state index contributed by atoms with van der Waals surface area (Å²) in [5.74, 6) is 0. The van der Waals surface area contributed by atoms with Crippen molar-refractivity contribution in [1.82, 2.24) is 0 Å². The van der Waals surface area contributed by atoms with E-state index < -0.39 is 31.6 Å². The van der Waals surface area contributed by atoms with Crippen molar-refractivity contribution in [2.45, 2.75) is 101 Å². The number of hydrogen-bond donors (Lipinski definition) is 1.